The van der Waals surface area contributed by atoms with Gasteiger partial charge in [-0.25, -0.2) is 0 Å². The van der Waals surface area contributed by atoms with E-state index in [4.69, 9.17) is 9.47 Å². The molecule has 1 heterocycles. The van der Waals surface area contributed by atoms with E-state index in [-0.39, 0.29) is 18.7 Å². The van der Waals surface area contributed by atoms with E-state index >= 15 is 0 Å². The highest BCUT2D eigenvalue weighted by molar-refractivity contribution is 5.77. The number of aliphatic carboxylic acids is 1. The van der Waals surface area contributed by atoms with Gasteiger partial charge in [0.05, 0.1) is 19.9 Å². The van der Waals surface area contributed by atoms with Crippen LogP contribution < -0.4 is 19.5 Å². The molecule has 0 aliphatic carbocycles. The Morgan fingerprint density at radius 2 is 1.79 bits per heavy atom. The fourth-order valence-corrected chi connectivity index (χ4v) is 2.78. The molecule has 1 fully saturated rings. The number of hydrogen-bond acceptors (Lipinski definition) is 6. The molecule has 1 saturated heterocycles. The van der Waals surface area contributed by atoms with Gasteiger partial charge < -0.3 is 29.2 Å². The second-order valence-corrected chi connectivity index (χ2v) is 5.63. The van der Waals surface area contributed by atoms with Crippen molar-refractivity contribution in [1.82, 2.24) is 4.90 Å². The summed E-state index contributed by atoms with van der Waals surface area (Å²) in [7, 11) is 3.25. The Morgan fingerprint density at radius 1 is 1.08 bits per heavy atom. The summed E-state index contributed by atoms with van der Waals surface area (Å²) in [6.07, 6.45) is 0.494. The summed E-state index contributed by atoms with van der Waals surface area (Å²) in [5.74, 6) is 0.405. The Kier molecular flexibility index (Phi) is 6.28. The van der Waals surface area contributed by atoms with E-state index in [9.17, 15) is 14.7 Å². The van der Waals surface area contributed by atoms with Crippen LogP contribution in [0.15, 0.2) is 18.2 Å². The molecule has 1 aromatic rings. The van der Waals surface area contributed by atoms with Gasteiger partial charge in [0.25, 0.3) is 0 Å². The number of anilines is 1. The molecule has 0 saturated carbocycles. The fourth-order valence-electron chi connectivity index (χ4n) is 2.78. The van der Waals surface area contributed by atoms with E-state index in [1.165, 1.54) is 0 Å². The average molecular weight is 335 g/mol. The van der Waals surface area contributed by atoms with Crippen molar-refractivity contribution >= 4 is 17.6 Å². The summed E-state index contributed by atoms with van der Waals surface area (Å²) in [6, 6.07) is 5.64. The van der Waals surface area contributed by atoms with Gasteiger partial charge >= 0.3 is 0 Å². The van der Waals surface area contributed by atoms with Crippen LogP contribution in [0.1, 0.15) is 19.3 Å². The molecule has 1 amide bonds. The zero-order chi connectivity index (χ0) is 17.5. The lowest BCUT2D eigenvalue weighted by molar-refractivity contribution is -0.305. The highest BCUT2D eigenvalue weighted by Crippen LogP contribution is 2.32. The van der Waals surface area contributed by atoms with E-state index in [1.807, 2.05) is 18.2 Å². The molecule has 2 rings (SSSR count). The van der Waals surface area contributed by atoms with Gasteiger partial charge in [-0.15, -0.1) is 0 Å². The van der Waals surface area contributed by atoms with Gasteiger partial charge in [0, 0.05) is 44.6 Å². The minimum absolute atomic E-state index is 0.00601. The minimum Gasteiger partial charge on any atom is -0.550 e. The highest BCUT2D eigenvalue weighted by atomic mass is 16.5. The maximum absolute atomic E-state index is 12.1. The van der Waals surface area contributed by atoms with Gasteiger partial charge in [0.1, 0.15) is 11.5 Å². The van der Waals surface area contributed by atoms with Crippen molar-refractivity contribution in [2.45, 2.75) is 19.3 Å². The molecule has 1 aliphatic rings. The molecule has 1 aliphatic heterocycles. The van der Waals surface area contributed by atoms with Crippen molar-refractivity contribution in [2.24, 2.45) is 0 Å². The lowest BCUT2D eigenvalue weighted by atomic mass is 10.2. The van der Waals surface area contributed by atoms with E-state index in [1.54, 1.807) is 19.1 Å². The maximum Gasteiger partial charge on any atom is 0.222 e. The van der Waals surface area contributed by atoms with Crippen molar-refractivity contribution in [3.05, 3.63) is 18.2 Å². The van der Waals surface area contributed by atoms with Crippen LogP contribution in [0.25, 0.3) is 0 Å². The third kappa shape index (κ3) is 4.53. The molecule has 0 N–H and O–H groups in total. The van der Waals surface area contributed by atoms with Gasteiger partial charge in [0.2, 0.25) is 5.91 Å². The predicted molar refractivity (Wildman–Crippen MR) is 87.2 cm³/mol. The molecule has 0 spiro atoms. The Hall–Kier alpha value is -2.44. The number of benzene rings is 1. The monoisotopic (exact) mass is 335 g/mol. The Bertz CT molecular complexity index is 582. The first-order chi connectivity index (χ1) is 11.5. The van der Waals surface area contributed by atoms with E-state index in [0.29, 0.717) is 32.6 Å². The van der Waals surface area contributed by atoms with Crippen molar-refractivity contribution in [2.75, 3.05) is 45.3 Å². The molecule has 1 aromatic carbocycles. The van der Waals surface area contributed by atoms with Crippen LogP contribution >= 0.6 is 0 Å². The quantitative estimate of drug-likeness (QED) is 0.711. The van der Waals surface area contributed by atoms with Gasteiger partial charge in [-0.05, 0) is 25.0 Å². The number of hydrogen-bond donors (Lipinski definition) is 0. The summed E-state index contributed by atoms with van der Waals surface area (Å²) < 4.78 is 10.7. The first-order valence-electron chi connectivity index (χ1n) is 7.99. The topological polar surface area (TPSA) is 82.1 Å². The van der Waals surface area contributed by atoms with Crippen LogP contribution in [0.5, 0.6) is 11.5 Å². The number of carboxylic acid groups (broad SMARTS) is 1. The number of carbonyl (C=O) groups excluding carboxylic acids is 2. The van der Waals surface area contributed by atoms with Gasteiger partial charge in [0.15, 0.2) is 0 Å². The standard InChI is InChI=1S/C17H24N2O5/c1-23-13-6-7-15(24-2)14(12-13)18-8-10-19(11-9-18)16(20)4-3-5-17(21)22/h6-7,12H,3-5,8-11H2,1-2H3,(H,21,22)/p-1. The SMILES string of the molecule is COc1ccc(OC)c(N2CCN(C(=O)CCCC(=O)[O-])CC2)c1. The third-order valence-electron chi connectivity index (χ3n) is 4.13. The van der Waals surface area contributed by atoms with E-state index in [0.717, 1.165) is 17.2 Å². The van der Waals surface area contributed by atoms with Crippen LogP contribution in [0.2, 0.25) is 0 Å². The molecule has 0 bridgehead atoms. The first kappa shape index (κ1) is 17.9. The third-order valence-corrected chi connectivity index (χ3v) is 4.13. The van der Waals surface area contributed by atoms with Crippen LogP contribution in [0, 0.1) is 0 Å². The minimum atomic E-state index is -1.11. The molecular weight excluding hydrogens is 312 g/mol. The van der Waals surface area contributed by atoms with Crippen LogP contribution in [-0.4, -0.2) is 57.2 Å². The van der Waals surface area contributed by atoms with Gasteiger partial charge in [-0.3, -0.25) is 4.79 Å². The van der Waals surface area contributed by atoms with Gasteiger partial charge in [-0.2, -0.15) is 0 Å². The van der Waals surface area contributed by atoms with Crippen LogP contribution in [0.3, 0.4) is 0 Å². The molecule has 7 nitrogen and oxygen atoms in total. The largest absolute Gasteiger partial charge is 0.550 e. The molecular formula is C17H23N2O5-. The van der Waals surface area contributed by atoms with Crippen molar-refractivity contribution in [3.8, 4) is 11.5 Å². The Balaban J connectivity index is 1.92. The summed E-state index contributed by atoms with van der Waals surface area (Å²) >= 11 is 0. The lowest BCUT2D eigenvalue weighted by Gasteiger charge is -2.36. The number of piperazine rings is 1. The lowest BCUT2D eigenvalue weighted by Crippen LogP contribution is -2.48. The van der Waals surface area contributed by atoms with Crippen molar-refractivity contribution in [1.29, 1.82) is 0 Å². The summed E-state index contributed by atoms with van der Waals surface area (Å²) in [4.78, 5) is 26.4. The Labute approximate surface area is 141 Å². The second kappa shape index (κ2) is 8.42. The Morgan fingerprint density at radius 3 is 2.38 bits per heavy atom. The smallest absolute Gasteiger partial charge is 0.222 e. The predicted octanol–water partition coefficient (Wildman–Crippen LogP) is 0.273. The molecule has 0 radical (unpaired) electrons. The molecule has 0 atom stereocenters. The van der Waals surface area contributed by atoms with Crippen molar-refractivity contribution < 1.29 is 24.2 Å². The van der Waals surface area contributed by atoms with Crippen molar-refractivity contribution in [3.63, 3.8) is 0 Å². The number of carboxylic acids is 1. The van der Waals surface area contributed by atoms with E-state index in [2.05, 4.69) is 4.90 Å². The normalized spacial score (nSPS) is 14.4. The number of ether oxygens (including phenoxy) is 2. The fraction of sp³-hybridized carbons (Fsp3) is 0.529. The zero-order valence-corrected chi connectivity index (χ0v) is 14.1. The number of methoxy groups -OCH3 is 2. The van der Waals surface area contributed by atoms with Crippen LogP contribution in [0.4, 0.5) is 5.69 Å². The number of amides is 1. The van der Waals surface area contributed by atoms with E-state index < -0.39 is 5.97 Å². The number of rotatable bonds is 7. The maximum atomic E-state index is 12.1. The number of nitrogens with zero attached hydrogens (tertiary/aromatic N) is 2. The van der Waals surface area contributed by atoms with Crippen LogP contribution in [-0.2, 0) is 9.59 Å². The molecule has 24 heavy (non-hydrogen) atoms. The summed E-state index contributed by atoms with van der Waals surface area (Å²) in [6.45, 7) is 2.58. The zero-order valence-electron chi connectivity index (χ0n) is 14.1. The van der Waals surface area contributed by atoms with Gasteiger partial charge in [-0.1, -0.05) is 0 Å². The molecule has 0 aromatic heterocycles. The highest BCUT2D eigenvalue weighted by Gasteiger charge is 2.23. The first-order valence-corrected chi connectivity index (χ1v) is 7.99. The summed E-state index contributed by atoms with van der Waals surface area (Å²) in [5.41, 5.74) is 0.945. The average Bonchev–Trinajstić information content (AvgIpc) is 2.60. The molecule has 7 heteroatoms. The summed E-state index contributed by atoms with van der Waals surface area (Å²) in [5, 5.41) is 10.4. The molecule has 0 unspecified atom stereocenters. The number of carbonyl (C=O) groups is 2. The second-order valence-electron chi connectivity index (χ2n) is 5.63. The molecule has 132 valence electrons.